The molecule has 1 unspecified atom stereocenters. The van der Waals surface area contributed by atoms with E-state index >= 15 is 0 Å². The maximum atomic E-state index is 13.5. The lowest BCUT2D eigenvalue weighted by Gasteiger charge is -2.16. The first-order valence-corrected chi connectivity index (χ1v) is 7.35. The number of hydrogen-bond donors (Lipinski definition) is 0. The van der Waals surface area contributed by atoms with Crippen LogP contribution in [-0.2, 0) is 0 Å². The maximum Gasteiger partial charge on any atom is 0.123 e. The summed E-state index contributed by atoms with van der Waals surface area (Å²) in [6.07, 6.45) is 0. The predicted octanol–water partition coefficient (Wildman–Crippen LogP) is 5.89. The molecule has 1 atom stereocenters. The highest BCUT2D eigenvalue weighted by Gasteiger charge is 2.15. The molecule has 0 bridgehead atoms. The molecule has 3 heteroatoms. The Bertz CT molecular complexity index is 602. The second kappa shape index (κ2) is 5.64. The third-order valence-electron chi connectivity index (χ3n) is 3.18. The van der Waals surface area contributed by atoms with Crippen molar-refractivity contribution >= 4 is 27.5 Å². The highest BCUT2D eigenvalue weighted by molar-refractivity contribution is 9.09. The van der Waals surface area contributed by atoms with Crippen LogP contribution in [0.3, 0.4) is 0 Å². The zero-order chi connectivity index (χ0) is 14.2. The minimum absolute atomic E-state index is 0.0298. The molecule has 100 valence electrons. The number of rotatable bonds is 2. The van der Waals surface area contributed by atoms with Gasteiger partial charge in [0.05, 0.1) is 4.83 Å². The van der Waals surface area contributed by atoms with E-state index in [0.717, 1.165) is 32.8 Å². The monoisotopic (exact) mass is 340 g/mol. The summed E-state index contributed by atoms with van der Waals surface area (Å²) in [6.45, 7) is 5.88. The second-order valence-electron chi connectivity index (χ2n) is 4.88. The Morgan fingerprint density at radius 1 is 1.00 bits per heavy atom. The molecule has 0 heterocycles. The van der Waals surface area contributed by atoms with E-state index in [1.54, 1.807) is 6.07 Å². The normalized spacial score (nSPS) is 12.5. The van der Waals surface area contributed by atoms with Crippen molar-refractivity contribution in [2.45, 2.75) is 25.6 Å². The van der Waals surface area contributed by atoms with Gasteiger partial charge in [-0.2, -0.15) is 0 Å². The van der Waals surface area contributed by atoms with E-state index in [-0.39, 0.29) is 10.6 Å². The van der Waals surface area contributed by atoms with Crippen molar-refractivity contribution in [2.75, 3.05) is 0 Å². The number of benzene rings is 2. The van der Waals surface area contributed by atoms with E-state index in [4.69, 9.17) is 11.6 Å². The van der Waals surface area contributed by atoms with Crippen molar-refractivity contribution in [3.05, 3.63) is 69.0 Å². The Morgan fingerprint density at radius 3 is 2.32 bits per heavy atom. The Hall–Kier alpha value is -0.860. The highest BCUT2D eigenvalue weighted by atomic mass is 79.9. The quantitative estimate of drug-likeness (QED) is 0.598. The van der Waals surface area contributed by atoms with Crippen LogP contribution in [0.25, 0.3) is 0 Å². The molecule has 0 aliphatic carbocycles. The third kappa shape index (κ3) is 3.18. The summed E-state index contributed by atoms with van der Waals surface area (Å²) in [5, 5.41) is 0.761. The Morgan fingerprint density at radius 2 is 1.68 bits per heavy atom. The fourth-order valence-electron chi connectivity index (χ4n) is 2.17. The van der Waals surface area contributed by atoms with E-state index in [1.165, 1.54) is 6.07 Å². The van der Waals surface area contributed by atoms with Gasteiger partial charge in [-0.3, -0.25) is 0 Å². The molecule has 2 aromatic rings. The molecule has 0 spiro atoms. The van der Waals surface area contributed by atoms with Crippen LogP contribution >= 0.6 is 27.5 Å². The number of hydrogen-bond acceptors (Lipinski definition) is 0. The standard InChI is InChI=1S/C16H15BrClF/c1-9-4-12(8-13(19)5-9)16(17)14-6-11(3)15(18)7-10(14)2/h4-8,16H,1-3H3. The molecule has 0 amide bonds. The van der Waals surface area contributed by atoms with Gasteiger partial charge in [-0.15, -0.1) is 0 Å². The van der Waals surface area contributed by atoms with Gasteiger partial charge in [0.25, 0.3) is 0 Å². The van der Waals surface area contributed by atoms with Crippen LogP contribution in [0.5, 0.6) is 0 Å². The average molecular weight is 342 g/mol. The van der Waals surface area contributed by atoms with Crippen molar-refractivity contribution in [3.8, 4) is 0 Å². The molecular weight excluding hydrogens is 327 g/mol. The minimum atomic E-state index is -0.206. The fourth-order valence-corrected chi connectivity index (χ4v) is 3.14. The zero-order valence-corrected chi connectivity index (χ0v) is 13.4. The van der Waals surface area contributed by atoms with Crippen molar-refractivity contribution in [1.29, 1.82) is 0 Å². The van der Waals surface area contributed by atoms with Crippen LogP contribution in [0.4, 0.5) is 4.39 Å². The van der Waals surface area contributed by atoms with Gasteiger partial charge < -0.3 is 0 Å². The average Bonchev–Trinajstić information content (AvgIpc) is 2.31. The molecule has 0 aliphatic rings. The summed E-state index contributed by atoms with van der Waals surface area (Å²) in [6, 6.07) is 9.09. The van der Waals surface area contributed by atoms with E-state index in [0.29, 0.717) is 0 Å². The Kier molecular flexibility index (Phi) is 4.32. The summed E-state index contributed by atoms with van der Waals surface area (Å²) in [7, 11) is 0. The van der Waals surface area contributed by atoms with Gasteiger partial charge in [0.2, 0.25) is 0 Å². The number of alkyl halides is 1. The molecule has 0 fully saturated rings. The first-order chi connectivity index (χ1) is 8.88. The largest absolute Gasteiger partial charge is 0.207 e. The third-order valence-corrected chi connectivity index (χ3v) is 4.61. The lowest BCUT2D eigenvalue weighted by molar-refractivity contribution is 0.624. The molecule has 0 N–H and O–H groups in total. The van der Waals surface area contributed by atoms with Crippen LogP contribution in [0, 0.1) is 26.6 Å². The molecule has 0 radical (unpaired) electrons. The van der Waals surface area contributed by atoms with Crippen molar-refractivity contribution in [2.24, 2.45) is 0 Å². The maximum absolute atomic E-state index is 13.5. The fraction of sp³-hybridized carbons (Fsp3) is 0.250. The lowest BCUT2D eigenvalue weighted by atomic mass is 9.97. The molecule has 0 saturated heterocycles. The molecule has 0 saturated carbocycles. The first kappa shape index (κ1) is 14.5. The van der Waals surface area contributed by atoms with E-state index in [9.17, 15) is 4.39 Å². The van der Waals surface area contributed by atoms with E-state index < -0.39 is 0 Å². The summed E-state index contributed by atoms with van der Waals surface area (Å²) in [5.41, 5.74) is 5.08. The summed E-state index contributed by atoms with van der Waals surface area (Å²) in [4.78, 5) is -0.0298. The van der Waals surface area contributed by atoms with Gasteiger partial charge in [0.1, 0.15) is 5.82 Å². The SMILES string of the molecule is Cc1cc(F)cc(C(Br)c2cc(C)c(Cl)cc2C)c1. The molecule has 0 aliphatic heterocycles. The highest BCUT2D eigenvalue weighted by Crippen LogP contribution is 2.35. The van der Waals surface area contributed by atoms with Crippen LogP contribution in [0.1, 0.15) is 32.6 Å². The van der Waals surface area contributed by atoms with Gasteiger partial charge >= 0.3 is 0 Å². The number of halogens is 3. The smallest absolute Gasteiger partial charge is 0.123 e. The summed E-state index contributed by atoms with van der Waals surface area (Å²) < 4.78 is 13.5. The molecule has 2 rings (SSSR count). The van der Waals surface area contributed by atoms with Crippen molar-refractivity contribution in [3.63, 3.8) is 0 Å². The van der Waals surface area contributed by atoms with Gasteiger partial charge in [-0.05, 0) is 66.8 Å². The van der Waals surface area contributed by atoms with Crippen molar-refractivity contribution in [1.82, 2.24) is 0 Å². The Labute approximate surface area is 126 Å². The molecule has 0 nitrogen and oxygen atoms in total. The predicted molar refractivity (Wildman–Crippen MR) is 82.8 cm³/mol. The summed E-state index contributed by atoms with van der Waals surface area (Å²) >= 11 is 9.77. The van der Waals surface area contributed by atoms with Gasteiger partial charge in [-0.1, -0.05) is 39.7 Å². The van der Waals surface area contributed by atoms with E-state index in [1.807, 2.05) is 32.9 Å². The molecule has 2 aromatic carbocycles. The lowest BCUT2D eigenvalue weighted by Crippen LogP contribution is -1.98. The number of aryl methyl sites for hydroxylation is 3. The second-order valence-corrected chi connectivity index (χ2v) is 6.21. The molecule has 0 aromatic heterocycles. The van der Waals surface area contributed by atoms with Crippen molar-refractivity contribution < 1.29 is 4.39 Å². The Balaban J connectivity index is 2.49. The molecule has 19 heavy (non-hydrogen) atoms. The first-order valence-electron chi connectivity index (χ1n) is 6.06. The van der Waals surface area contributed by atoms with Crippen LogP contribution in [-0.4, -0.2) is 0 Å². The topological polar surface area (TPSA) is 0 Å². The van der Waals surface area contributed by atoms with Crippen LogP contribution in [0.15, 0.2) is 30.3 Å². The van der Waals surface area contributed by atoms with E-state index in [2.05, 4.69) is 22.0 Å². The molecular formula is C16H15BrClF. The van der Waals surface area contributed by atoms with Gasteiger partial charge in [-0.25, -0.2) is 4.39 Å². The van der Waals surface area contributed by atoms with Crippen LogP contribution in [0.2, 0.25) is 5.02 Å². The van der Waals surface area contributed by atoms with Crippen LogP contribution < -0.4 is 0 Å². The van der Waals surface area contributed by atoms with Gasteiger partial charge in [0.15, 0.2) is 0 Å². The zero-order valence-electron chi connectivity index (χ0n) is 11.1. The summed E-state index contributed by atoms with van der Waals surface area (Å²) in [5.74, 6) is -0.206. The minimum Gasteiger partial charge on any atom is -0.207 e. The van der Waals surface area contributed by atoms with Gasteiger partial charge in [0, 0.05) is 5.02 Å².